The van der Waals surface area contributed by atoms with Crippen molar-refractivity contribution in [3.63, 3.8) is 0 Å². The Hall–Kier alpha value is -2.80. The van der Waals surface area contributed by atoms with E-state index in [1.165, 1.54) is 0 Å². The van der Waals surface area contributed by atoms with Crippen LogP contribution in [0.25, 0.3) is 33.2 Å². The Morgan fingerprint density at radius 3 is 2.75 bits per heavy atom. The maximum atomic E-state index is 13.2. The molecule has 28 heavy (non-hydrogen) atoms. The average Bonchev–Trinajstić information content (AvgIpc) is 3.33. The Bertz CT molecular complexity index is 1220. The third-order valence-corrected chi connectivity index (χ3v) is 5.48. The molecule has 7 heteroatoms. The fourth-order valence-corrected chi connectivity index (χ4v) is 3.99. The Kier molecular flexibility index (Phi) is 4.31. The van der Waals surface area contributed by atoms with E-state index in [2.05, 4.69) is 11.9 Å². The molecule has 0 amide bonds. The van der Waals surface area contributed by atoms with Crippen LogP contribution in [0.3, 0.4) is 0 Å². The van der Waals surface area contributed by atoms with Gasteiger partial charge in [-0.05, 0) is 31.4 Å². The predicted octanol–water partition coefficient (Wildman–Crippen LogP) is 3.27. The van der Waals surface area contributed by atoms with Gasteiger partial charge in [-0.25, -0.2) is 15.0 Å². The van der Waals surface area contributed by atoms with Gasteiger partial charge in [0, 0.05) is 13.2 Å². The smallest absolute Gasteiger partial charge is 0.265 e. The lowest BCUT2D eigenvalue weighted by Crippen LogP contribution is -2.21. The van der Waals surface area contributed by atoms with Crippen molar-refractivity contribution >= 4 is 33.2 Å². The Labute approximate surface area is 162 Å². The van der Waals surface area contributed by atoms with Crippen molar-refractivity contribution in [1.82, 2.24) is 24.1 Å². The van der Waals surface area contributed by atoms with Gasteiger partial charge in [-0.2, -0.15) is 0 Å². The number of rotatable bonds is 5. The van der Waals surface area contributed by atoms with Gasteiger partial charge < -0.3 is 9.30 Å². The molecule has 0 aliphatic carbocycles. The van der Waals surface area contributed by atoms with Gasteiger partial charge in [0.15, 0.2) is 11.3 Å². The minimum Gasteiger partial charge on any atom is -0.376 e. The molecule has 0 N–H and O–H groups in total. The summed E-state index contributed by atoms with van der Waals surface area (Å²) >= 11 is 0. The zero-order valence-electron chi connectivity index (χ0n) is 16.0. The van der Waals surface area contributed by atoms with Gasteiger partial charge in [0.25, 0.3) is 5.56 Å². The zero-order valence-corrected chi connectivity index (χ0v) is 16.0. The molecule has 5 rings (SSSR count). The number of fused-ring (bicyclic) bond motifs is 4. The fraction of sp³-hybridized carbons (Fsp3) is 0.429. The molecule has 1 unspecified atom stereocenters. The van der Waals surface area contributed by atoms with Crippen molar-refractivity contribution in [1.29, 1.82) is 0 Å². The number of aromatic nitrogens is 5. The number of benzene rings is 1. The topological polar surface area (TPSA) is 74.8 Å². The lowest BCUT2D eigenvalue weighted by atomic mass is 10.2. The van der Waals surface area contributed by atoms with Gasteiger partial charge in [0.1, 0.15) is 10.9 Å². The first-order valence-electron chi connectivity index (χ1n) is 10.0. The summed E-state index contributed by atoms with van der Waals surface area (Å²) < 4.78 is 9.55. The summed E-state index contributed by atoms with van der Waals surface area (Å²) in [4.78, 5) is 27.6. The minimum absolute atomic E-state index is 0.0425. The molecule has 1 atom stereocenters. The van der Waals surface area contributed by atoms with Crippen LogP contribution in [-0.4, -0.2) is 36.8 Å². The van der Waals surface area contributed by atoms with Gasteiger partial charge in [-0.1, -0.05) is 25.5 Å². The molecule has 3 aromatic heterocycles. The van der Waals surface area contributed by atoms with E-state index in [4.69, 9.17) is 14.7 Å². The highest BCUT2D eigenvalue weighted by Crippen LogP contribution is 2.26. The molecule has 4 heterocycles. The first-order valence-corrected chi connectivity index (χ1v) is 10.0. The lowest BCUT2D eigenvalue weighted by Gasteiger charge is -2.12. The Morgan fingerprint density at radius 2 is 2.00 bits per heavy atom. The summed E-state index contributed by atoms with van der Waals surface area (Å²) in [5, 5.41) is 0.560. The van der Waals surface area contributed by atoms with Crippen molar-refractivity contribution in [3.05, 3.63) is 40.9 Å². The molecule has 0 spiro atoms. The molecule has 0 bridgehead atoms. The van der Waals surface area contributed by atoms with Crippen molar-refractivity contribution < 1.29 is 4.74 Å². The van der Waals surface area contributed by atoms with Crippen molar-refractivity contribution in [3.8, 4) is 0 Å². The molecule has 7 nitrogen and oxygen atoms in total. The van der Waals surface area contributed by atoms with Crippen LogP contribution in [0.2, 0.25) is 0 Å². The molecule has 0 radical (unpaired) electrons. The van der Waals surface area contributed by atoms with Crippen LogP contribution in [0.15, 0.2) is 35.4 Å². The molecule has 1 saturated heterocycles. The van der Waals surface area contributed by atoms with Crippen LogP contribution in [0, 0.1) is 0 Å². The van der Waals surface area contributed by atoms with Gasteiger partial charge in [0.2, 0.25) is 0 Å². The van der Waals surface area contributed by atoms with Crippen LogP contribution < -0.4 is 5.56 Å². The first kappa shape index (κ1) is 17.3. The number of ether oxygens (including phenoxy) is 1. The van der Waals surface area contributed by atoms with Crippen LogP contribution in [0.5, 0.6) is 0 Å². The quantitative estimate of drug-likeness (QED) is 0.534. The van der Waals surface area contributed by atoms with Gasteiger partial charge in [0.05, 0.1) is 30.0 Å². The summed E-state index contributed by atoms with van der Waals surface area (Å²) in [6.07, 6.45) is 5.82. The van der Waals surface area contributed by atoms with Crippen molar-refractivity contribution in [2.24, 2.45) is 0 Å². The molecular formula is C21H23N5O2. The van der Waals surface area contributed by atoms with Gasteiger partial charge in [-0.3, -0.25) is 9.36 Å². The molecule has 4 aromatic rings. The second kappa shape index (κ2) is 6.98. The predicted molar refractivity (Wildman–Crippen MR) is 108 cm³/mol. The second-order valence-corrected chi connectivity index (χ2v) is 7.43. The summed E-state index contributed by atoms with van der Waals surface area (Å²) in [5.41, 5.74) is 3.56. The van der Waals surface area contributed by atoms with Crippen LogP contribution in [0.1, 0.15) is 32.6 Å². The van der Waals surface area contributed by atoms with Crippen molar-refractivity contribution in [2.75, 3.05) is 6.61 Å². The van der Waals surface area contributed by atoms with Crippen LogP contribution in [0.4, 0.5) is 0 Å². The molecule has 1 aromatic carbocycles. The Morgan fingerprint density at radius 1 is 1.18 bits per heavy atom. The van der Waals surface area contributed by atoms with Gasteiger partial charge >= 0.3 is 0 Å². The van der Waals surface area contributed by atoms with E-state index in [1.807, 2.05) is 28.8 Å². The van der Waals surface area contributed by atoms with E-state index >= 15 is 0 Å². The maximum Gasteiger partial charge on any atom is 0.265 e. The van der Waals surface area contributed by atoms with Crippen LogP contribution in [-0.2, 0) is 17.8 Å². The summed E-state index contributed by atoms with van der Waals surface area (Å²) in [6.45, 7) is 4.20. The third kappa shape index (κ3) is 2.77. The largest absolute Gasteiger partial charge is 0.376 e. The molecular weight excluding hydrogens is 354 g/mol. The highest BCUT2D eigenvalue weighted by molar-refractivity contribution is 6.04. The summed E-state index contributed by atoms with van der Waals surface area (Å²) in [5.74, 6) is 0. The minimum atomic E-state index is -0.0425. The SMILES string of the molecule is CCCCn1cnc2c(c1=O)c1nc3ccccc3nc1n2CC1CCCO1. The molecule has 0 saturated carbocycles. The number of para-hydroxylation sites is 2. The van der Waals surface area contributed by atoms with E-state index < -0.39 is 0 Å². The van der Waals surface area contributed by atoms with E-state index in [0.717, 1.165) is 43.3 Å². The van der Waals surface area contributed by atoms with Crippen LogP contribution >= 0.6 is 0 Å². The lowest BCUT2D eigenvalue weighted by molar-refractivity contribution is 0.0987. The molecule has 1 aliphatic heterocycles. The fourth-order valence-electron chi connectivity index (χ4n) is 3.99. The highest BCUT2D eigenvalue weighted by atomic mass is 16.5. The van der Waals surface area contributed by atoms with Gasteiger partial charge in [-0.15, -0.1) is 0 Å². The molecule has 144 valence electrons. The number of unbranched alkanes of at least 4 members (excludes halogenated alkanes) is 1. The maximum absolute atomic E-state index is 13.2. The third-order valence-electron chi connectivity index (χ3n) is 5.48. The monoisotopic (exact) mass is 377 g/mol. The number of hydrogen-bond donors (Lipinski definition) is 0. The zero-order chi connectivity index (χ0) is 19.1. The average molecular weight is 377 g/mol. The molecule has 1 fully saturated rings. The van der Waals surface area contributed by atoms with Crippen molar-refractivity contribution in [2.45, 2.75) is 51.8 Å². The summed E-state index contributed by atoms with van der Waals surface area (Å²) in [7, 11) is 0. The van der Waals surface area contributed by atoms with E-state index in [9.17, 15) is 4.79 Å². The number of aryl methyl sites for hydroxylation is 1. The van der Waals surface area contributed by atoms with E-state index in [-0.39, 0.29) is 11.7 Å². The first-order chi connectivity index (χ1) is 13.8. The standard InChI is InChI=1S/C21H23N5O2/c1-2-3-10-25-13-22-19-17(21(25)27)18-20(26(19)12-14-7-6-11-28-14)24-16-9-5-4-8-15(16)23-18/h4-5,8-9,13-14H,2-3,6-7,10-12H2,1H3. The molecule has 1 aliphatic rings. The number of nitrogens with zero attached hydrogens (tertiary/aromatic N) is 5. The van der Waals surface area contributed by atoms with E-state index in [1.54, 1.807) is 10.9 Å². The van der Waals surface area contributed by atoms with E-state index in [0.29, 0.717) is 35.3 Å². The number of hydrogen-bond acceptors (Lipinski definition) is 5. The Balaban J connectivity index is 1.80. The highest BCUT2D eigenvalue weighted by Gasteiger charge is 2.23. The normalized spacial score (nSPS) is 17.2. The second-order valence-electron chi connectivity index (χ2n) is 7.43. The summed E-state index contributed by atoms with van der Waals surface area (Å²) in [6, 6.07) is 7.76.